The van der Waals surface area contributed by atoms with E-state index >= 15 is 0 Å². The first-order chi connectivity index (χ1) is 7.41. The third kappa shape index (κ3) is 2.33. The summed E-state index contributed by atoms with van der Waals surface area (Å²) in [6, 6.07) is -0.445. The number of nitrogens with zero attached hydrogens (tertiary/aromatic N) is 1. The van der Waals surface area contributed by atoms with Gasteiger partial charge in [0.25, 0.3) is 0 Å². The van der Waals surface area contributed by atoms with Crippen LogP contribution in [0.25, 0.3) is 0 Å². The minimum atomic E-state index is -1.47. The van der Waals surface area contributed by atoms with Crippen LogP contribution in [0, 0.1) is 5.41 Å². The number of carbonyl (C=O) groups is 2. The Morgan fingerprint density at radius 2 is 2.12 bits per heavy atom. The second-order valence-corrected chi connectivity index (χ2v) is 4.34. The second kappa shape index (κ2) is 4.80. The highest BCUT2D eigenvalue weighted by Gasteiger charge is 2.42. The van der Waals surface area contributed by atoms with Gasteiger partial charge in [-0.2, -0.15) is 0 Å². The van der Waals surface area contributed by atoms with Crippen LogP contribution in [-0.2, 0) is 14.3 Å². The Morgan fingerprint density at radius 1 is 1.50 bits per heavy atom. The number of aliphatic hydroxyl groups is 1. The predicted molar refractivity (Wildman–Crippen MR) is 54.8 cm³/mol. The smallest absolute Gasteiger partial charge is 0.318 e. The van der Waals surface area contributed by atoms with Crippen molar-refractivity contribution in [1.82, 2.24) is 4.90 Å². The lowest BCUT2D eigenvalue weighted by Gasteiger charge is -2.37. The van der Waals surface area contributed by atoms with Crippen molar-refractivity contribution in [1.29, 1.82) is 0 Å². The number of carbonyl (C=O) groups excluding carboxylic acids is 1. The zero-order valence-electron chi connectivity index (χ0n) is 9.47. The highest BCUT2D eigenvalue weighted by Crippen LogP contribution is 2.22. The van der Waals surface area contributed by atoms with Crippen LogP contribution in [0.4, 0.5) is 0 Å². The summed E-state index contributed by atoms with van der Waals surface area (Å²) in [5, 5.41) is 18.1. The van der Waals surface area contributed by atoms with Gasteiger partial charge in [0.15, 0.2) is 0 Å². The maximum absolute atomic E-state index is 12.0. The summed E-state index contributed by atoms with van der Waals surface area (Å²) in [7, 11) is 0. The number of ether oxygens (including phenoxy) is 1. The lowest BCUT2D eigenvalue weighted by Crippen LogP contribution is -2.55. The maximum atomic E-state index is 12.0. The summed E-state index contributed by atoms with van der Waals surface area (Å²) in [5.41, 5.74) is -1.47. The lowest BCUT2D eigenvalue weighted by molar-refractivity contribution is -0.163. The average molecular weight is 231 g/mol. The van der Waals surface area contributed by atoms with Crippen molar-refractivity contribution in [2.75, 3.05) is 26.4 Å². The van der Waals surface area contributed by atoms with Crippen molar-refractivity contribution < 1.29 is 24.5 Å². The number of carboxylic acid groups (broad SMARTS) is 1. The van der Waals surface area contributed by atoms with Crippen LogP contribution in [0.5, 0.6) is 0 Å². The third-order valence-corrected chi connectivity index (χ3v) is 2.77. The summed E-state index contributed by atoms with van der Waals surface area (Å²) in [6.45, 7) is 3.45. The number of aliphatic carboxylic acids is 1. The van der Waals surface area contributed by atoms with Gasteiger partial charge in [-0.05, 0) is 13.8 Å². The van der Waals surface area contributed by atoms with Crippen molar-refractivity contribution in [3.05, 3.63) is 0 Å². The highest BCUT2D eigenvalue weighted by molar-refractivity contribution is 6.01. The van der Waals surface area contributed by atoms with Crippen LogP contribution in [0.2, 0.25) is 0 Å². The molecular formula is C10H17NO5. The molecule has 0 aliphatic carbocycles. The molecule has 0 bridgehead atoms. The quantitative estimate of drug-likeness (QED) is 0.628. The molecule has 6 heteroatoms. The van der Waals surface area contributed by atoms with E-state index in [1.807, 2.05) is 0 Å². The van der Waals surface area contributed by atoms with Crippen molar-refractivity contribution >= 4 is 11.9 Å². The SMILES string of the molecule is CC(C)(C(=O)O)C(=O)N1CCOCC1CO. The van der Waals surface area contributed by atoms with E-state index in [0.29, 0.717) is 13.2 Å². The van der Waals surface area contributed by atoms with Gasteiger partial charge in [0.2, 0.25) is 5.91 Å². The molecule has 2 N–H and O–H groups in total. The molecular weight excluding hydrogens is 214 g/mol. The average Bonchev–Trinajstić information content (AvgIpc) is 2.27. The van der Waals surface area contributed by atoms with Gasteiger partial charge >= 0.3 is 5.97 Å². The number of hydrogen-bond donors (Lipinski definition) is 2. The first-order valence-corrected chi connectivity index (χ1v) is 5.14. The second-order valence-electron chi connectivity index (χ2n) is 4.34. The Labute approximate surface area is 93.8 Å². The predicted octanol–water partition coefficient (Wildman–Crippen LogP) is -0.683. The van der Waals surface area contributed by atoms with Crippen molar-refractivity contribution in [2.45, 2.75) is 19.9 Å². The topological polar surface area (TPSA) is 87.1 Å². The summed E-state index contributed by atoms with van der Waals surface area (Å²) in [5.74, 6) is -1.65. The van der Waals surface area contributed by atoms with Gasteiger partial charge < -0.3 is 19.8 Å². The van der Waals surface area contributed by atoms with Gasteiger partial charge in [-0.15, -0.1) is 0 Å². The van der Waals surface area contributed by atoms with E-state index < -0.39 is 23.3 Å². The molecule has 0 radical (unpaired) electrons. The molecule has 0 saturated carbocycles. The van der Waals surface area contributed by atoms with E-state index in [2.05, 4.69) is 0 Å². The molecule has 16 heavy (non-hydrogen) atoms. The molecule has 1 aliphatic rings. The van der Waals surface area contributed by atoms with E-state index in [1.165, 1.54) is 18.7 Å². The van der Waals surface area contributed by atoms with Gasteiger partial charge in [-0.25, -0.2) is 0 Å². The Kier molecular flexibility index (Phi) is 3.88. The van der Waals surface area contributed by atoms with Crippen LogP contribution in [0.3, 0.4) is 0 Å². The molecule has 0 spiro atoms. The van der Waals surface area contributed by atoms with E-state index in [1.54, 1.807) is 0 Å². The fourth-order valence-electron chi connectivity index (χ4n) is 1.52. The number of hydrogen-bond acceptors (Lipinski definition) is 4. The molecule has 92 valence electrons. The molecule has 1 aliphatic heterocycles. The Hall–Kier alpha value is -1.14. The maximum Gasteiger partial charge on any atom is 0.318 e. The molecule has 1 heterocycles. The largest absolute Gasteiger partial charge is 0.480 e. The van der Waals surface area contributed by atoms with Gasteiger partial charge in [0, 0.05) is 6.54 Å². The highest BCUT2D eigenvalue weighted by atomic mass is 16.5. The first-order valence-electron chi connectivity index (χ1n) is 5.14. The molecule has 1 fully saturated rings. The molecule has 1 atom stereocenters. The molecule has 0 aromatic rings. The molecule has 6 nitrogen and oxygen atoms in total. The Balaban J connectivity index is 2.82. The number of aliphatic hydroxyl groups excluding tert-OH is 1. The zero-order chi connectivity index (χ0) is 12.3. The minimum absolute atomic E-state index is 0.221. The van der Waals surface area contributed by atoms with E-state index in [4.69, 9.17) is 14.9 Å². The van der Waals surface area contributed by atoms with Crippen LogP contribution in [0.1, 0.15) is 13.8 Å². The fraction of sp³-hybridized carbons (Fsp3) is 0.800. The van der Waals surface area contributed by atoms with Gasteiger partial charge in [-0.1, -0.05) is 0 Å². The Bertz CT molecular complexity index is 289. The van der Waals surface area contributed by atoms with Crippen LogP contribution < -0.4 is 0 Å². The zero-order valence-corrected chi connectivity index (χ0v) is 9.47. The molecule has 0 aromatic carbocycles. The van der Waals surface area contributed by atoms with Gasteiger partial charge in [-0.3, -0.25) is 9.59 Å². The monoisotopic (exact) mass is 231 g/mol. The normalized spacial score (nSPS) is 21.9. The molecule has 1 rings (SSSR count). The fourth-order valence-corrected chi connectivity index (χ4v) is 1.52. The summed E-state index contributed by atoms with van der Waals surface area (Å²) >= 11 is 0. The number of amides is 1. The molecule has 1 amide bonds. The third-order valence-electron chi connectivity index (χ3n) is 2.77. The standard InChI is InChI=1S/C10H17NO5/c1-10(2,9(14)15)8(13)11-3-4-16-6-7(11)5-12/h7,12H,3-6H2,1-2H3,(H,14,15). The van der Waals surface area contributed by atoms with E-state index in [-0.39, 0.29) is 13.2 Å². The van der Waals surface area contributed by atoms with Crippen LogP contribution in [0.15, 0.2) is 0 Å². The lowest BCUT2D eigenvalue weighted by atomic mass is 9.91. The van der Waals surface area contributed by atoms with Gasteiger partial charge in [0.05, 0.1) is 25.9 Å². The summed E-state index contributed by atoms with van der Waals surface area (Å²) in [6.07, 6.45) is 0. The molecule has 0 aromatic heterocycles. The first kappa shape index (κ1) is 12.9. The molecule has 1 saturated heterocycles. The Morgan fingerprint density at radius 3 is 2.62 bits per heavy atom. The number of carboxylic acids is 1. The number of morpholine rings is 1. The van der Waals surface area contributed by atoms with E-state index in [9.17, 15) is 9.59 Å². The van der Waals surface area contributed by atoms with E-state index in [0.717, 1.165) is 0 Å². The summed E-state index contributed by atoms with van der Waals surface area (Å²) < 4.78 is 5.13. The molecule has 1 unspecified atom stereocenters. The summed E-state index contributed by atoms with van der Waals surface area (Å²) in [4.78, 5) is 24.4. The van der Waals surface area contributed by atoms with Gasteiger partial charge in [0.1, 0.15) is 5.41 Å². The van der Waals surface area contributed by atoms with Crippen molar-refractivity contribution in [3.8, 4) is 0 Å². The number of rotatable bonds is 3. The minimum Gasteiger partial charge on any atom is -0.480 e. The van der Waals surface area contributed by atoms with Crippen LogP contribution in [-0.4, -0.2) is 59.4 Å². The van der Waals surface area contributed by atoms with Crippen molar-refractivity contribution in [3.63, 3.8) is 0 Å². The van der Waals surface area contributed by atoms with Crippen LogP contribution >= 0.6 is 0 Å². The van der Waals surface area contributed by atoms with Crippen molar-refractivity contribution in [2.24, 2.45) is 5.41 Å².